The molecule has 2 aliphatic rings. The largest absolute Gasteiger partial charge is 0.390 e. The van der Waals surface area contributed by atoms with Gasteiger partial charge in [-0.25, -0.2) is 18.7 Å². The summed E-state index contributed by atoms with van der Waals surface area (Å²) in [5.41, 5.74) is 0.908. The number of nitrogens with zero attached hydrogens (tertiary/aromatic N) is 5. The number of β-amino-alcohol motifs (C(OH)–C–C–N with tert-alkyl or cyclic N) is 1. The van der Waals surface area contributed by atoms with Crippen LogP contribution in [-0.2, 0) is 0 Å². The van der Waals surface area contributed by atoms with E-state index in [9.17, 15) is 18.7 Å². The molecule has 2 fully saturated rings. The highest BCUT2D eigenvalue weighted by molar-refractivity contribution is 6.30. The van der Waals surface area contributed by atoms with Crippen molar-refractivity contribution in [2.45, 2.75) is 12.1 Å². The molecule has 3 heterocycles. The Morgan fingerprint density at radius 1 is 1.00 bits per heavy atom. The third kappa shape index (κ3) is 4.23. The van der Waals surface area contributed by atoms with E-state index in [0.717, 1.165) is 12.1 Å². The van der Waals surface area contributed by atoms with Gasteiger partial charge >= 0.3 is 0 Å². The molecule has 1 N–H and O–H groups in total. The normalized spacial score (nSPS) is 21.7. The van der Waals surface area contributed by atoms with E-state index in [1.165, 1.54) is 6.33 Å². The van der Waals surface area contributed by atoms with Gasteiger partial charge in [0, 0.05) is 61.3 Å². The number of anilines is 1. The van der Waals surface area contributed by atoms with E-state index < -0.39 is 17.7 Å². The number of carbonyl (C=O) groups excluding carboxylic acids is 1. The van der Waals surface area contributed by atoms with Gasteiger partial charge in [-0.1, -0.05) is 11.6 Å². The van der Waals surface area contributed by atoms with Gasteiger partial charge in [-0.2, -0.15) is 0 Å². The molecule has 1 aromatic heterocycles. The van der Waals surface area contributed by atoms with E-state index in [2.05, 4.69) is 14.9 Å². The molecular weight excluding hydrogens is 452 g/mol. The number of halogens is 3. The number of piperazine rings is 1. The van der Waals surface area contributed by atoms with Crippen LogP contribution >= 0.6 is 11.6 Å². The van der Waals surface area contributed by atoms with Gasteiger partial charge in [0.05, 0.1) is 17.7 Å². The second-order valence-electron chi connectivity index (χ2n) is 8.36. The number of hydrogen-bond acceptors (Lipinski definition) is 6. The Kier molecular flexibility index (Phi) is 5.86. The molecule has 33 heavy (non-hydrogen) atoms. The fraction of sp³-hybridized carbons (Fsp3) is 0.348. The van der Waals surface area contributed by atoms with Gasteiger partial charge in [0.15, 0.2) is 11.6 Å². The molecule has 172 valence electrons. The predicted octanol–water partition coefficient (Wildman–Crippen LogP) is 2.57. The van der Waals surface area contributed by atoms with Crippen LogP contribution in [0.3, 0.4) is 0 Å². The number of aromatic nitrogens is 2. The van der Waals surface area contributed by atoms with Crippen LogP contribution in [0.2, 0.25) is 5.02 Å². The molecule has 10 heteroatoms. The molecular formula is C23H22ClF2N5O2. The minimum absolute atomic E-state index is 0.0402. The number of carbonyl (C=O) groups is 1. The van der Waals surface area contributed by atoms with E-state index in [0.29, 0.717) is 66.6 Å². The lowest BCUT2D eigenvalue weighted by atomic mass is 10.1. The lowest BCUT2D eigenvalue weighted by Gasteiger charge is -2.38. The molecule has 0 saturated carbocycles. The summed E-state index contributed by atoms with van der Waals surface area (Å²) >= 11 is 5.91. The number of aliphatic hydroxyl groups excluding tert-OH is 1. The van der Waals surface area contributed by atoms with Gasteiger partial charge in [0.2, 0.25) is 0 Å². The average molecular weight is 474 g/mol. The van der Waals surface area contributed by atoms with Crippen molar-refractivity contribution < 1.29 is 18.7 Å². The summed E-state index contributed by atoms with van der Waals surface area (Å²) < 4.78 is 27.5. The molecule has 2 saturated heterocycles. The molecule has 2 atom stereocenters. The molecule has 2 unspecified atom stereocenters. The standard InChI is InChI=1S/C23H22ClF2N5O2/c24-15-3-1-14(2-4-15)23(33)30-7-5-29(6-8-30)20-11-31(12-21(20)32)22-16-9-17(25)18(26)10-19(16)27-13-28-22/h1-4,9-10,13,20-21,32H,5-8,11-12H2. The highest BCUT2D eigenvalue weighted by Crippen LogP contribution is 2.29. The van der Waals surface area contributed by atoms with Crippen LogP contribution in [0.15, 0.2) is 42.7 Å². The molecule has 0 radical (unpaired) electrons. The Morgan fingerprint density at radius 3 is 2.42 bits per heavy atom. The third-order valence-corrected chi connectivity index (χ3v) is 6.63. The van der Waals surface area contributed by atoms with Crippen LogP contribution in [-0.4, -0.2) is 82.2 Å². The Labute approximate surface area is 194 Å². The fourth-order valence-corrected chi connectivity index (χ4v) is 4.75. The summed E-state index contributed by atoms with van der Waals surface area (Å²) in [5, 5.41) is 11.8. The first-order chi connectivity index (χ1) is 15.9. The molecule has 5 rings (SSSR count). The summed E-state index contributed by atoms with van der Waals surface area (Å²) in [5.74, 6) is -1.49. The maximum absolute atomic E-state index is 13.9. The predicted molar refractivity (Wildman–Crippen MR) is 120 cm³/mol. The minimum Gasteiger partial charge on any atom is -0.390 e. The molecule has 2 aliphatic heterocycles. The van der Waals surface area contributed by atoms with Gasteiger partial charge in [-0.15, -0.1) is 0 Å². The molecule has 0 bridgehead atoms. The second-order valence-corrected chi connectivity index (χ2v) is 8.79. The maximum Gasteiger partial charge on any atom is 0.253 e. The van der Waals surface area contributed by atoms with E-state index >= 15 is 0 Å². The Hall–Kier alpha value is -2.88. The van der Waals surface area contributed by atoms with Crippen LogP contribution in [0.25, 0.3) is 10.9 Å². The van der Waals surface area contributed by atoms with E-state index in [4.69, 9.17) is 11.6 Å². The highest BCUT2D eigenvalue weighted by atomic mass is 35.5. The molecule has 7 nitrogen and oxygen atoms in total. The zero-order chi connectivity index (χ0) is 23.1. The number of aliphatic hydroxyl groups is 1. The minimum atomic E-state index is -0.962. The van der Waals surface area contributed by atoms with E-state index in [1.807, 2.05) is 4.90 Å². The highest BCUT2D eigenvalue weighted by Gasteiger charge is 2.38. The Morgan fingerprint density at radius 2 is 1.70 bits per heavy atom. The molecule has 1 amide bonds. The van der Waals surface area contributed by atoms with E-state index in [1.54, 1.807) is 29.2 Å². The SMILES string of the molecule is O=C(c1ccc(Cl)cc1)N1CCN(C2CN(c3ncnc4cc(F)c(F)cc34)CC2O)CC1. The van der Waals surface area contributed by atoms with Crippen molar-refractivity contribution in [1.29, 1.82) is 0 Å². The van der Waals surface area contributed by atoms with Gasteiger partial charge in [-0.05, 0) is 30.3 Å². The van der Waals surface area contributed by atoms with Gasteiger partial charge in [-0.3, -0.25) is 9.69 Å². The summed E-state index contributed by atoms with van der Waals surface area (Å²) in [6, 6.07) is 8.83. The molecule has 0 spiro atoms. The number of fused-ring (bicyclic) bond motifs is 1. The first-order valence-corrected chi connectivity index (χ1v) is 11.1. The lowest BCUT2D eigenvalue weighted by molar-refractivity contribution is 0.0376. The summed E-state index contributed by atoms with van der Waals surface area (Å²) in [6.07, 6.45) is 0.675. The van der Waals surface area contributed by atoms with Crippen LogP contribution in [0.4, 0.5) is 14.6 Å². The topological polar surface area (TPSA) is 72.8 Å². The van der Waals surface area contributed by atoms with Crippen molar-refractivity contribution in [3.63, 3.8) is 0 Å². The lowest BCUT2D eigenvalue weighted by Crippen LogP contribution is -2.54. The quantitative estimate of drug-likeness (QED) is 0.630. The first kappa shape index (κ1) is 21.9. The molecule has 3 aromatic rings. The molecule has 2 aromatic carbocycles. The van der Waals surface area contributed by atoms with Crippen LogP contribution in [0.5, 0.6) is 0 Å². The van der Waals surface area contributed by atoms with Crippen molar-refractivity contribution in [3.8, 4) is 0 Å². The van der Waals surface area contributed by atoms with Crippen molar-refractivity contribution >= 4 is 34.2 Å². The second kappa shape index (κ2) is 8.81. The van der Waals surface area contributed by atoms with E-state index in [-0.39, 0.29) is 11.9 Å². The summed E-state index contributed by atoms with van der Waals surface area (Å²) in [4.78, 5) is 26.9. The van der Waals surface area contributed by atoms with Crippen molar-refractivity contribution in [2.75, 3.05) is 44.2 Å². The van der Waals surface area contributed by atoms with Crippen molar-refractivity contribution in [3.05, 3.63) is 64.9 Å². The monoisotopic (exact) mass is 473 g/mol. The van der Waals surface area contributed by atoms with Crippen LogP contribution in [0, 0.1) is 11.6 Å². The maximum atomic E-state index is 13.9. The van der Waals surface area contributed by atoms with Crippen molar-refractivity contribution in [1.82, 2.24) is 19.8 Å². The average Bonchev–Trinajstić information content (AvgIpc) is 3.21. The van der Waals surface area contributed by atoms with Gasteiger partial charge in [0.1, 0.15) is 12.1 Å². The Balaban J connectivity index is 1.27. The van der Waals surface area contributed by atoms with Crippen LogP contribution < -0.4 is 4.90 Å². The zero-order valence-corrected chi connectivity index (χ0v) is 18.4. The smallest absolute Gasteiger partial charge is 0.253 e. The van der Waals surface area contributed by atoms with Gasteiger partial charge < -0.3 is 14.9 Å². The summed E-state index contributed by atoms with van der Waals surface area (Å²) in [7, 11) is 0. The first-order valence-electron chi connectivity index (χ1n) is 10.7. The van der Waals surface area contributed by atoms with Crippen molar-refractivity contribution in [2.24, 2.45) is 0 Å². The number of amides is 1. The summed E-state index contributed by atoms with van der Waals surface area (Å²) in [6.45, 7) is 3.15. The van der Waals surface area contributed by atoms with Gasteiger partial charge in [0.25, 0.3) is 5.91 Å². The molecule has 0 aliphatic carbocycles. The number of hydrogen-bond donors (Lipinski definition) is 1. The number of benzene rings is 2. The number of rotatable bonds is 3. The fourth-order valence-electron chi connectivity index (χ4n) is 4.62. The third-order valence-electron chi connectivity index (χ3n) is 6.38. The zero-order valence-electron chi connectivity index (χ0n) is 17.7. The Bertz CT molecular complexity index is 1190. The van der Waals surface area contributed by atoms with Crippen LogP contribution in [0.1, 0.15) is 10.4 Å².